The molecule has 1 aliphatic rings. The third-order valence-electron chi connectivity index (χ3n) is 2.18. The molecule has 1 aromatic rings. The fraction of sp³-hybridized carbons (Fsp3) is 0.400. The molecule has 1 aliphatic heterocycles. The van der Waals surface area contributed by atoms with Gasteiger partial charge >= 0.3 is 0 Å². The Morgan fingerprint density at radius 2 is 2.25 bits per heavy atom. The highest BCUT2D eigenvalue weighted by atomic mass is 32.2. The normalized spacial score (nSPS) is 17.4. The summed E-state index contributed by atoms with van der Waals surface area (Å²) in [7, 11) is 0. The average Bonchev–Trinajstić information content (AvgIpc) is 2.17. The fourth-order valence-corrected chi connectivity index (χ4v) is 2.47. The average molecular weight is 179 g/mol. The van der Waals surface area contributed by atoms with Crippen molar-refractivity contribution < 1.29 is 0 Å². The van der Waals surface area contributed by atoms with Crippen molar-refractivity contribution in [1.82, 2.24) is 4.31 Å². The van der Waals surface area contributed by atoms with E-state index in [-0.39, 0.29) is 0 Å². The highest BCUT2D eigenvalue weighted by Crippen LogP contribution is 2.30. The molecule has 64 valence electrons. The van der Waals surface area contributed by atoms with E-state index in [1.807, 2.05) is 11.9 Å². The summed E-state index contributed by atoms with van der Waals surface area (Å²) in [5, 5.41) is 0. The van der Waals surface area contributed by atoms with Crippen LogP contribution >= 0.6 is 11.9 Å². The van der Waals surface area contributed by atoms with E-state index in [1.54, 1.807) is 0 Å². The van der Waals surface area contributed by atoms with Crippen LogP contribution in [0.2, 0.25) is 0 Å². The zero-order valence-corrected chi connectivity index (χ0v) is 8.10. The smallest absolute Gasteiger partial charge is 0.0262 e. The van der Waals surface area contributed by atoms with Gasteiger partial charge in [-0.05, 0) is 30.0 Å². The second-order valence-corrected chi connectivity index (χ2v) is 4.11. The van der Waals surface area contributed by atoms with Gasteiger partial charge in [-0.2, -0.15) is 0 Å². The first-order chi connectivity index (χ1) is 5.90. The van der Waals surface area contributed by atoms with Gasteiger partial charge in [-0.3, -0.25) is 0 Å². The summed E-state index contributed by atoms with van der Waals surface area (Å²) < 4.78 is 2.41. The lowest BCUT2D eigenvalue weighted by Crippen LogP contribution is -2.22. The van der Waals surface area contributed by atoms with Crippen LogP contribution in [0.4, 0.5) is 0 Å². The SMILES string of the molecule is CCN1CCc2ccccc2S1. The van der Waals surface area contributed by atoms with Gasteiger partial charge in [-0.15, -0.1) is 0 Å². The molecule has 1 nitrogen and oxygen atoms in total. The van der Waals surface area contributed by atoms with Gasteiger partial charge in [-0.1, -0.05) is 25.1 Å². The van der Waals surface area contributed by atoms with Crippen molar-refractivity contribution in [1.29, 1.82) is 0 Å². The van der Waals surface area contributed by atoms with E-state index in [1.165, 1.54) is 23.4 Å². The minimum atomic E-state index is 1.14. The van der Waals surface area contributed by atoms with Gasteiger partial charge in [0.2, 0.25) is 0 Å². The number of likely N-dealkylation sites (N-methyl/N-ethyl adjacent to an activating group) is 1. The third kappa shape index (κ3) is 1.50. The zero-order valence-electron chi connectivity index (χ0n) is 7.29. The summed E-state index contributed by atoms with van der Waals surface area (Å²) in [6.07, 6.45) is 1.21. The minimum Gasteiger partial charge on any atom is -0.246 e. The van der Waals surface area contributed by atoms with Crippen molar-refractivity contribution >= 4 is 11.9 Å². The predicted octanol–water partition coefficient (Wildman–Crippen LogP) is 2.57. The van der Waals surface area contributed by atoms with Crippen LogP contribution in [0.3, 0.4) is 0 Å². The standard InChI is InChI=1S/C10H13NS/c1-2-11-8-7-9-5-3-4-6-10(9)12-11/h3-6H,2,7-8H2,1H3. The first-order valence-corrected chi connectivity index (χ1v) is 5.18. The molecule has 0 aliphatic carbocycles. The largest absolute Gasteiger partial charge is 0.246 e. The minimum absolute atomic E-state index is 1.14. The number of hydrogen-bond acceptors (Lipinski definition) is 2. The Labute approximate surface area is 77.9 Å². The van der Waals surface area contributed by atoms with E-state index < -0.39 is 0 Å². The van der Waals surface area contributed by atoms with Gasteiger partial charge in [-0.25, -0.2) is 4.31 Å². The van der Waals surface area contributed by atoms with Crippen LogP contribution in [-0.2, 0) is 6.42 Å². The van der Waals surface area contributed by atoms with Crippen molar-refractivity contribution in [3.8, 4) is 0 Å². The lowest BCUT2D eigenvalue weighted by atomic mass is 10.1. The Morgan fingerprint density at radius 3 is 3.08 bits per heavy atom. The molecular weight excluding hydrogens is 166 g/mol. The first-order valence-electron chi connectivity index (χ1n) is 4.41. The van der Waals surface area contributed by atoms with Crippen LogP contribution in [-0.4, -0.2) is 17.4 Å². The summed E-state index contributed by atoms with van der Waals surface area (Å²) in [6.45, 7) is 4.54. The van der Waals surface area contributed by atoms with Gasteiger partial charge in [0.15, 0.2) is 0 Å². The van der Waals surface area contributed by atoms with E-state index in [2.05, 4.69) is 35.5 Å². The van der Waals surface area contributed by atoms with Crippen LogP contribution < -0.4 is 0 Å². The Hall–Kier alpha value is -0.470. The zero-order chi connectivity index (χ0) is 8.39. The molecule has 0 aromatic heterocycles. The molecule has 0 saturated carbocycles. The second-order valence-electron chi connectivity index (χ2n) is 2.97. The van der Waals surface area contributed by atoms with Gasteiger partial charge in [0, 0.05) is 18.0 Å². The lowest BCUT2D eigenvalue weighted by molar-refractivity contribution is 0.488. The molecule has 2 heteroatoms. The fourth-order valence-electron chi connectivity index (χ4n) is 1.45. The summed E-state index contributed by atoms with van der Waals surface area (Å²) in [5.41, 5.74) is 1.51. The van der Waals surface area contributed by atoms with Crippen molar-refractivity contribution in [2.75, 3.05) is 13.1 Å². The third-order valence-corrected chi connectivity index (χ3v) is 3.48. The highest BCUT2D eigenvalue weighted by molar-refractivity contribution is 7.97. The molecule has 0 N–H and O–H groups in total. The first kappa shape index (κ1) is 8.14. The maximum atomic E-state index is 2.41. The predicted molar refractivity (Wildman–Crippen MR) is 53.3 cm³/mol. The summed E-state index contributed by atoms with van der Waals surface area (Å²) >= 11 is 1.89. The molecule has 1 heterocycles. The Kier molecular flexibility index (Phi) is 2.38. The number of hydrogen-bond donors (Lipinski definition) is 0. The molecule has 1 aromatic carbocycles. The quantitative estimate of drug-likeness (QED) is 0.610. The Morgan fingerprint density at radius 1 is 1.42 bits per heavy atom. The molecule has 2 rings (SSSR count). The maximum Gasteiger partial charge on any atom is 0.0262 e. The topological polar surface area (TPSA) is 3.24 Å². The molecule has 0 spiro atoms. The number of fused-ring (bicyclic) bond motifs is 1. The number of nitrogens with zero attached hydrogens (tertiary/aromatic N) is 1. The van der Waals surface area contributed by atoms with Crippen molar-refractivity contribution in [2.24, 2.45) is 0 Å². The molecule has 0 fully saturated rings. The summed E-state index contributed by atoms with van der Waals surface area (Å²) in [4.78, 5) is 1.44. The Balaban J connectivity index is 2.23. The van der Waals surface area contributed by atoms with Crippen LogP contribution in [0.5, 0.6) is 0 Å². The monoisotopic (exact) mass is 179 g/mol. The van der Waals surface area contributed by atoms with Gasteiger partial charge in [0.25, 0.3) is 0 Å². The molecule has 12 heavy (non-hydrogen) atoms. The number of benzene rings is 1. The summed E-state index contributed by atoms with van der Waals surface area (Å²) in [6, 6.07) is 8.68. The molecule has 0 unspecified atom stereocenters. The molecule has 0 saturated heterocycles. The molecular formula is C10H13NS. The van der Waals surface area contributed by atoms with Crippen molar-refractivity contribution in [3.63, 3.8) is 0 Å². The van der Waals surface area contributed by atoms with E-state index in [0.717, 1.165) is 6.54 Å². The molecule has 0 radical (unpaired) electrons. The lowest BCUT2D eigenvalue weighted by Gasteiger charge is -2.25. The summed E-state index contributed by atoms with van der Waals surface area (Å²) in [5.74, 6) is 0. The number of rotatable bonds is 1. The van der Waals surface area contributed by atoms with E-state index in [0.29, 0.717) is 0 Å². The maximum absolute atomic E-state index is 2.41. The van der Waals surface area contributed by atoms with Crippen LogP contribution in [0, 0.1) is 0 Å². The van der Waals surface area contributed by atoms with Crippen LogP contribution in [0.25, 0.3) is 0 Å². The molecule has 0 atom stereocenters. The van der Waals surface area contributed by atoms with Gasteiger partial charge in [0.1, 0.15) is 0 Å². The Bertz CT molecular complexity index is 272. The van der Waals surface area contributed by atoms with Crippen LogP contribution in [0.15, 0.2) is 29.2 Å². The van der Waals surface area contributed by atoms with Gasteiger partial charge < -0.3 is 0 Å². The van der Waals surface area contributed by atoms with E-state index in [4.69, 9.17) is 0 Å². The van der Waals surface area contributed by atoms with Crippen molar-refractivity contribution in [3.05, 3.63) is 29.8 Å². The second kappa shape index (κ2) is 3.50. The van der Waals surface area contributed by atoms with E-state index >= 15 is 0 Å². The molecule has 0 amide bonds. The van der Waals surface area contributed by atoms with Crippen LogP contribution in [0.1, 0.15) is 12.5 Å². The van der Waals surface area contributed by atoms with E-state index in [9.17, 15) is 0 Å². The van der Waals surface area contributed by atoms with Gasteiger partial charge in [0.05, 0.1) is 0 Å². The van der Waals surface area contributed by atoms with Crippen molar-refractivity contribution in [2.45, 2.75) is 18.2 Å². The highest BCUT2D eigenvalue weighted by Gasteiger charge is 2.14. The molecule has 0 bridgehead atoms.